The van der Waals surface area contributed by atoms with Gasteiger partial charge in [-0.3, -0.25) is 9.97 Å². The summed E-state index contributed by atoms with van der Waals surface area (Å²) in [5, 5.41) is 4.62. The smallest absolute Gasteiger partial charge is 0.164 e. The fourth-order valence-electron chi connectivity index (χ4n) is 7.46. The highest BCUT2D eigenvalue weighted by atomic mass is 15.0. The monoisotopic (exact) mass is 716 g/mol. The van der Waals surface area contributed by atoms with E-state index in [0.717, 1.165) is 77.6 Å². The van der Waals surface area contributed by atoms with Crippen molar-refractivity contribution in [1.82, 2.24) is 29.9 Å². The first-order valence-electron chi connectivity index (χ1n) is 18.5. The molecule has 0 fully saturated rings. The molecule has 4 heterocycles. The van der Waals surface area contributed by atoms with E-state index >= 15 is 0 Å². The fraction of sp³-hybridized carbons (Fsp3) is 0. The summed E-state index contributed by atoms with van der Waals surface area (Å²) in [5.41, 5.74) is 10.7. The van der Waals surface area contributed by atoms with Gasteiger partial charge >= 0.3 is 0 Å². The second-order valence-corrected chi connectivity index (χ2v) is 13.5. The van der Waals surface area contributed by atoms with Crippen LogP contribution in [-0.2, 0) is 0 Å². The molecule has 0 atom stereocenters. The van der Waals surface area contributed by atoms with Gasteiger partial charge in [0.2, 0.25) is 0 Å². The van der Waals surface area contributed by atoms with Gasteiger partial charge in [-0.1, -0.05) is 140 Å². The van der Waals surface area contributed by atoms with Crippen LogP contribution in [0.1, 0.15) is 0 Å². The van der Waals surface area contributed by atoms with Crippen molar-refractivity contribution in [1.29, 1.82) is 0 Å². The molecular weight excluding hydrogens is 685 g/mol. The third kappa shape index (κ3) is 6.15. The Bertz CT molecular complexity index is 2820. The molecule has 0 bridgehead atoms. The Morgan fingerprint density at radius 3 is 1.27 bits per heavy atom. The Kier molecular flexibility index (Phi) is 8.39. The van der Waals surface area contributed by atoms with Crippen LogP contribution in [0.3, 0.4) is 0 Å². The maximum atomic E-state index is 5.09. The predicted octanol–water partition coefficient (Wildman–Crippen LogP) is 12.0. The minimum Gasteiger partial charge on any atom is -0.264 e. The van der Waals surface area contributed by atoms with E-state index in [1.807, 2.05) is 103 Å². The number of benzene rings is 6. The van der Waals surface area contributed by atoms with Crippen LogP contribution >= 0.6 is 0 Å². The number of pyridine rings is 3. The quantitative estimate of drug-likeness (QED) is 0.153. The van der Waals surface area contributed by atoms with Gasteiger partial charge in [-0.25, -0.2) is 19.9 Å². The van der Waals surface area contributed by atoms with Gasteiger partial charge in [-0.05, 0) is 80.2 Å². The van der Waals surface area contributed by atoms with Crippen LogP contribution in [0, 0.1) is 0 Å². The fourth-order valence-corrected chi connectivity index (χ4v) is 7.46. The molecule has 10 rings (SSSR count). The predicted molar refractivity (Wildman–Crippen MR) is 226 cm³/mol. The van der Waals surface area contributed by atoms with Gasteiger partial charge in [-0.15, -0.1) is 0 Å². The van der Waals surface area contributed by atoms with Crippen LogP contribution in [0.5, 0.6) is 0 Å². The van der Waals surface area contributed by atoms with Crippen molar-refractivity contribution in [3.8, 4) is 79.1 Å². The second-order valence-electron chi connectivity index (χ2n) is 13.5. The molecule has 0 aliphatic heterocycles. The topological polar surface area (TPSA) is 77.3 Å². The van der Waals surface area contributed by atoms with Crippen molar-refractivity contribution >= 4 is 21.5 Å². The standard InChI is InChI=1S/C50H32N6/c1-3-14-34(15-4-1)48-54-49(35-16-5-2-6-17-35)56-50(55-48)36-26-24-33(25-27-36)46-39-19-7-9-21-41(39)47(42-22-10-8-20-40(42)46)38-30-44(37-18-13-28-51-32-37)53-45(31-38)43-23-11-12-29-52-43/h1-32H. The highest BCUT2D eigenvalue weighted by Crippen LogP contribution is 2.45. The number of fused-ring (bicyclic) bond motifs is 2. The summed E-state index contributed by atoms with van der Waals surface area (Å²) in [5.74, 6) is 1.90. The second kappa shape index (κ2) is 14.3. The summed E-state index contributed by atoms with van der Waals surface area (Å²) >= 11 is 0. The molecule has 262 valence electrons. The molecule has 56 heavy (non-hydrogen) atoms. The average Bonchev–Trinajstić information content (AvgIpc) is 3.29. The van der Waals surface area contributed by atoms with Gasteiger partial charge in [0.15, 0.2) is 17.5 Å². The van der Waals surface area contributed by atoms with Crippen molar-refractivity contribution in [2.24, 2.45) is 0 Å². The lowest BCUT2D eigenvalue weighted by molar-refractivity contribution is 1.07. The molecule has 4 aromatic heterocycles. The first-order chi connectivity index (χ1) is 27.8. The third-order valence-electron chi connectivity index (χ3n) is 10.1. The van der Waals surface area contributed by atoms with E-state index in [-0.39, 0.29) is 0 Å². The lowest BCUT2D eigenvalue weighted by Gasteiger charge is -2.19. The number of hydrogen-bond acceptors (Lipinski definition) is 6. The van der Waals surface area contributed by atoms with Crippen LogP contribution in [0.2, 0.25) is 0 Å². The summed E-state index contributed by atoms with van der Waals surface area (Å²) in [7, 11) is 0. The van der Waals surface area contributed by atoms with Crippen molar-refractivity contribution in [2.75, 3.05) is 0 Å². The maximum Gasteiger partial charge on any atom is 0.164 e. The Labute approximate surface area is 324 Å². The van der Waals surface area contributed by atoms with Gasteiger partial charge < -0.3 is 0 Å². The average molecular weight is 717 g/mol. The molecule has 0 amide bonds. The number of rotatable bonds is 7. The molecular formula is C50H32N6. The van der Waals surface area contributed by atoms with E-state index in [9.17, 15) is 0 Å². The zero-order chi connectivity index (χ0) is 37.3. The highest BCUT2D eigenvalue weighted by Gasteiger charge is 2.19. The molecule has 0 aliphatic rings. The van der Waals surface area contributed by atoms with Crippen molar-refractivity contribution in [3.63, 3.8) is 0 Å². The highest BCUT2D eigenvalue weighted by molar-refractivity contribution is 6.21. The molecule has 6 nitrogen and oxygen atoms in total. The summed E-state index contributed by atoms with van der Waals surface area (Å²) in [6.45, 7) is 0. The summed E-state index contributed by atoms with van der Waals surface area (Å²) in [6.07, 6.45) is 5.45. The van der Waals surface area contributed by atoms with E-state index in [1.54, 1.807) is 6.20 Å². The maximum absolute atomic E-state index is 5.09. The Morgan fingerprint density at radius 2 is 0.750 bits per heavy atom. The van der Waals surface area contributed by atoms with Gasteiger partial charge in [0.1, 0.15) is 0 Å². The van der Waals surface area contributed by atoms with Gasteiger partial charge in [0.25, 0.3) is 0 Å². The van der Waals surface area contributed by atoms with Gasteiger partial charge in [0.05, 0.1) is 17.1 Å². The molecule has 0 aliphatic carbocycles. The van der Waals surface area contributed by atoms with Crippen molar-refractivity contribution in [3.05, 3.63) is 195 Å². The van der Waals surface area contributed by atoms with Gasteiger partial charge in [0, 0.05) is 40.8 Å². The van der Waals surface area contributed by atoms with Crippen molar-refractivity contribution in [2.45, 2.75) is 0 Å². The minimum absolute atomic E-state index is 0.625. The molecule has 6 aromatic carbocycles. The third-order valence-corrected chi connectivity index (χ3v) is 10.1. The minimum atomic E-state index is 0.625. The summed E-state index contributed by atoms with van der Waals surface area (Å²) in [6, 6.07) is 60.4. The molecule has 0 N–H and O–H groups in total. The number of aromatic nitrogens is 6. The normalized spacial score (nSPS) is 11.2. The van der Waals surface area contributed by atoms with E-state index in [0.29, 0.717) is 17.5 Å². The number of nitrogens with zero attached hydrogens (tertiary/aromatic N) is 6. The molecule has 0 saturated heterocycles. The van der Waals surface area contributed by atoms with Crippen LogP contribution in [-0.4, -0.2) is 29.9 Å². The lowest BCUT2D eigenvalue weighted by Crippen LogP contribution is -2.00. The van der Waals surface area contributed by atoms with Crippen LogP contribution in [0.4, 0.5) is 0 Å². The summed E-state index contributed by atoms with van der Waals surface area (Å²) in [4.78, 5) is 29.0. The molecule has 0 radical (unpaired) electrons. The van der Waals surface area contributed by atoms with E-state index in [1.165, 1.54) is 5.56 Å². The van der Waals surface area contributed by atoms with Crippen LogP contribution in [0.15, 0.2) is 195 Å². The number of hydrogen-bond donors (Lipinski definition) is 0. The first-order valence-corrected chi connectivity index (χ1v) is 18.5. The summed E-state index contributed by atoms with van der Waals surface area (Å²) < 4.78 is 0. The molecule has 6 heteroatoms. The van der Waals surface area contributed by atoms with E-state index < -0.39 is 0 Å². The Morgan fingerprint density at radius 1 is 0.286 bits per heavy atom. The zero-order valence-corrected chi connectivity index (χ0v) is 30.2. The van der Waals surface area contributed by atoms with E-state index in [2.05, 4.69) is 94.9 Å². The lowest BCUT2D eigenvalue weighted by atomic mass is 9.85. The molecule has 10 aromatic rings. The molecule has 0 unspecified atom stereocenters. The molecule has 0 spiro atoms. The van der Waals surface area contributed by atoms with Crippen LogP contribution < -0.4 is 0 Å². The van der Waals surface area contributed by atoms with Crippen molar-refractivity contribution < 1.29 is 0 Å². The largest absolute Gasteiger partial charge is 0.264 e. The molecule has 0 saturated carbocycles. The van der Waals surface area contributed by atoms with Crippen LogP contribution in [0.25, 0.3) is 101 Å². The first kappa shape index (κ1) is 32.9. The SMILES string of the molecule is c1ccc(-c2nc(-c3ccccc3)nc(-c3ccc(-c4c5ccccc5c(-c5cc(-c6cccnc6)nc(-c6ccccn6)c5)c5ccccc45)cc3)n2)cc1. The van der Waals surface area contributed by atoms with Gasteiger partial charge in [-0.2, -0.15) is 0 Å². The Hall–Kier alpha value is -7.70. The zero-order valence-electron chi connectivity index (χ0n) is 30.2. The van der Waals surface area contributed by atoms with E-state index in [4.69, 9.17) is 19.9 Å². The Balaban J connectivity index is 1.14.